The molecular weight excluding hydrogens is 316 g/mol. The summed E-state index contributed by atoms with van der Waals surface area (Å²) in [5, 5.41) is 6.00. The summed E-state index contributed by atoms with van der Waals surface area (Å²) in [6, 6.07) is 12.1. The number of nitrogens with one attached hydrogen (secondary N) is 2. The minimum atomic E-state index is -0.346. The molecule has 0 fully saturated rings. The van der Waals surface area contributed by atoms with E-state index in [-0.39, 0.29) is 12.8 Å². The van der Waals surface area contributed by atoms with Gasteiger partial charge in [0, 0.05) is 10.7 Å². The van der Waals surface area contributed by atoms with Crippen LogP contribution in [0.3, 0.4) is 0 Å². The van der Waals surface area contributed by atoms with Crippen LogP contribution in [0.4, 0.5) is 10.5 Å². The van der Waals surface area contributed by atoms with Gasteiger partial charge < -0.3 is 20.1 Å². The van der Waals surface area contributed by atoms with E-state index in [1.165, 1.54) is 0 Å². The molecule has 6 heteroatoms. The average molecular weight is 335 g/mol. The van der Waals surface area contributed by atoms with Gasteiger partial charge in [-0.1, -0.05) is 11.6 Å². The average Bonchev–Trinajstić information content (AvgIpc) is 2.52. The third-order valence-corrected chi connectivity index (χ3v) is 3.28. The fourth-order valence-electron chi connectivity index (χ4n) is 1.92. The van der Waals surface area contributed by atoms with Gasteiger partial charge in [-0.15, -0.1) is 0 Å². The molecular formula is C17H19ClN2O3. The molecule has 2 rings (SSSR count). The quantitative estimate of drug-likeness (QED) is 0.778. The molecule has 0 bridgehead atoms. The molecule has 23 heavy (non-hydrogen) atoms. The first-order valence-corrected chi connectivity index (χ1v) is 7.63. The fraction of sp³-hybridized carbons (Fsp3) is 0.235. The number of hydrogen-bond donors (Lipinski definition) is 2. The molecule has 0 unspecified atom stereocenters. The lowest BCUT2D eigenvalue weighted by Crippen LogP contribution is -2.32. The lowest BCUT2D eigenvalue weighted by atomic mass is 10.2. The standard InChI is InChI=1S/C17H19ClN2O3/c1-3-22-14-5-7-15(8-6-14)23-11-19-17(21)20-16-9-4-13(18)10-12(16)2/h4-10H,3,11H2,1-2H3,(H2,19,20,21). The molecule has 2 aromatic rings. The zero-order valence-electron chi connectivity index (χ0n) is 13.1. The Balaban J connectivity index is 1.78. The third-order valence-electron chi connectivity index (χ3n) is 3.04. The van der Waals surface area contributed by atoms with E-state index in [9.17, 15) is 4.79 Å². The number of benzene rings is 2. The van der Waals surface area contributed by atoms with Gasteiger partial charge in [0.25, 0.3) is 0 Å². The number of halogens is 1. The topological polar surface area (TPSA) is 59.6 Å². The van der Waals surface area contributed by atoms with Crippen molar-refractivity contribution in [1.29, 1.82) is 0 Å². The summed E-state index contributed by atoms with van der Waals surface area (Å²) < 4.78 is 10.8. The number of hydrogen-bond acceptors (Lipinski definition) is 3. The zero-order valence-corrected chi connectivity index (χ0v) is 13.8. The Kier molecular flexibility index (Phi) is 6.11. The first-order chi connectivity index (χ1) is 11.1. The highest BCUT2D eigenvalue weighted by Gasteiger charge is 2.04. The van der Waals surface area contributed by atoms with Gasteiger partial charge in [-0.3, -0.25) is 0 Å². The van der Waals surface area contributed by atoms with E-state index in [1.807, 2.05) is 26.0 Å². The van der Waals surface area contributed by atoms with E-state index < -0.39 is 0 Å². The minimum absolute atomic E-state index is 0.0620. The number of carbonyl (C=O) groups is 1. The molecule has 2 amide bonds. The maximum atomic E-state index is 11.8. The first-order valence-electron chi connectivity index (χ1n) is 7.25. The lowest BCUT2D eigenvalue weighted by molar-refractivity contribution is 0.234. The Morgan fingerprint density at radius 3 is 2.35 bits per heavy atom. The van der Waals surface area contributed by atoms with Crippen LogP contribution < -0.4 is 20.1 Å². The number of anilines is 1. The molecule has 2 N–H and O–H groups in total. The van der Waals surface area contributed by atoms with Crippen molar-refractivity contribution in [3.63, 3.8) is 0 Å². The second-order valence-electron chi connectivity index (χ2n) is 4.78. The van der Waals surface area contributed by atoms with Gasteiger partial charge >= 0.3 is 6.03 Å². The van der Waals surface area contributed by atoms with Crippen molar-refractivity contribution in [3.8, 4) is 11.5 Å². The van der Waals surface area contributed by atoms with Gasteiger partial charge in [0.15, 0.2) is 6.73 Å². The Labute approximate surface area is 140 Å². The van der Waals surface area contributed by atoms with Crippen molar-refractivity contribution in [3.05, 3.63) is 53.1 Å². The second kappa shape index (κ2) is 8.29. The SMILES string of the molecule is CCOc1ccc(OCNC(=O)Nc2ccc(Cl)cc2C)cc1. The number of aryl methyl sites for hydroxylation is 1. The Morgan fingerprint density at radius 1 is 1.09 bits per heavy atom. The summed E-state index contributed by atoms with van der Waals surface area (Å²) in [6.07, 6.45) is 0. The number of ether oxygens (including phenoxy) is 2. The molecule has 0 radical (unpaired) electrons. The number of rotatable bonds is 6. The monoisotopic (exact) mass is 334 g/mol. The van der Waals surface area contributed by atoms with Crippen molar-refractivity contribution < 1.29 is 14.3 Å². The molecule has 2 aromatic carbocycles. The fourth-order valence-corrected chi connectivity index (χ4v) is 2.14. The molecule has 5 nitrogen and oxygen atoms in total. The lowest BCUT2D eigenvalue weighted by Gasteiger charge is -2.11. The highest BCUT2D eigenvalue weighted by molar-refractivity contribution is 6.30. The van der Waals surface area contributed by atoms with Crippen LogP contribution in [-0.2, 0) is 0 Å². The first kappa shape index (κ1) is 17.0. The maximum Gasteiger partial charge on any atom is 0.321 e. The van der Waals surface area contributed by atoms with Crippen LogP contribution in [0.15, 0.2) is 42.5 Å². The highest BCUT2D eigenvalue weighted by atomic mass is 35.5. The molecule has 0 saturated heterocycles. The molecule has 0 spiro atoms. The predicted octanol–water partition coefficient (Wildman–Crippen LogP) is 4.21. The van der Waals surface area contributed by atoms with Crippen molar-refractivity contribution in [2.24, 2.45) is 0 Å². The molecule has 0 aliphatic heterocycles. The number of amides is 2. The van der Waals surface area contributed by atoms with E-state index >= 15 is 0 Å². The summed E-state index contributed by atoms with van der Waals surface area (Å²) >= 11 is 5.88. The minimum Gasteiger partial charge on any atom is -0.494 e. The van der Waals surface area contributed by atoms with E-state index in [1.54, 1.807) is 30.3 Å². The van der Waals surface area contributed by atoms with Crippen molar-refractivity contribution in [2.45, 2.75) is 13.8 Å². The number of carbonyl (C=O) groups excluding carboxylic acids is 1. The summed E-state index contributed by atoms with van der Waals surface area (Å²) in [5.41, 5.74) is 1.59. The van der Waals surface area contributed by atoms with E-state index in [2.05, 4.69) is 10.6 Å². The van der Waals surface area contributed by atoms with Crippen LogP contribution in [0.2, 0.25) is 5.02 Å². The normalized spacial score (nSPS) is 10.0. The zero-order chi connectivity index (χ0) is 16.7. The molecule has 0 heterocycles. The van der Waals surface area contributed by atoms with E-state index in [0.717, 1.165) is 11.3 Å². The van der Waals surface area contributed by atoms with Gasteiger partial charge in [-0.25, -0.2) is 4.79 Å². The highest BCUT2D eigenvalue weighted by Crippen LogP contribution is 2.19. The third kappa shape index (κ3) is 5.38. The van der Waals surface area contributed by atoms with Crippen LogP contribution in [0.25, 0.3) is 0 Å². The molecule has 0 aliphatic carbocycles. The molecule has 0 atom stereocenters. The van der Waals surface area contributed by atoms with Gasteiger partial charge in [-0.05, 0) is 61.9 Å². The molecule has 0 saturated carbocycles. The smallest absolute Gasteiger partial charge is 0.321 e. The largest absolute Gasteiger partial charge is 0.494 e. The van der Waals surface area contributed by atoms with Crippen LogP contribution in [0, 0.1) is 6.92 Å². The van der Waals surface area contributed by atoms with Gasteiger partial charge in [0.05, 0.1) is 6.61 Å². The summed E-state index contributed by atoms with van der Waals surface area (Å²) in [4.78, 5) is 11.8. The molecule has 122 valence electrons. The summed E-state index contributed by atoms with van der Waals surface area (Å²) in [7, 11) is 0. The van der Waals surface area contributed by atoms with Crippen molar-refractivity contribution in [2.75, 3.05) is 18.7 Å². The van der Waals surface area contributed by atoms with Gasteiger partial charge in [-0.2, -0.15) is 0 Å². The van der Waals surface area contributed by atoms with Crippen molar-refractivity contribution >= 4 is 23.3 Å². The van der Waals surface area contributed by atoms with Gasteiger partial charge in [0.2, 0.25) is 0 Å². The second-order valence-corrected chi connectivity index (χ2v) is 5.22. The Hall–Kier alpha value is -2.40. The maximum absolute atomic E-state index is 11.8. The molecule has 0 aromatic heterocycles. The predicted molar refractivity (Wildman–Crippen MR) is 91.4 cm³/mol. The van der Waals surface area contributed by atoms with Crippen LogP contribution >= 0.6 is 11.6 Å². The van der Waals surface area contributed by atoms with Crippen LogP contribution in [0.1, 0.15) is 12.5 Å². The molecule has 0 aliphatic rings. The van der Waals surface area contributed by atoms with E-state index in [4.69, 9.17) is 21.1 Å². The summed E-state index contributed by atoms with van der Waals surface area (Å²) in [5.74, 6) is 1.43. The van der Waals surface area contributed by atoms with Crippen molar-refractivity contribution in [1.82, 2.24) is 5.32 Å². The summed E-state index contributed by atoms with van der Waals surface area (Å²) in [6.45, 7) is 4.48. The Bertz CT molecular complexity index is 659. The van der Waals surface area contributed by atoms with Crippen LogP contribution in [0.5, 0.6) is 11.5 Å². The van der Waals surface area contributed by atoms with Gasteiger partial charge in [0.1, 0.15) is 11.5 Å². The Morgan fingerprint density at radius 2 is 1.74 bits per heavy atom. The number of urea groups is 1. The van der Waals surface area contributed by atoms with Crippen LogP contribution in [-0.4, -0.2) is 19.4 Å². The van der Waals surface area contributed by atoms with E-state index in [0.29, 0.717) is 23.1 Å².